The fourth-order valence-electron chi connectivity index (χ4n) is 3.06. The first kappa shape index (κ1) is 19.1. The van der Waals surface area contributed by atoms with Crippen molar-refractivity contribution in [2.75, 3.05) is 12.4 Å². The molecule has 0 bridgehead atoms. The molecule has 148 valence electrons. The Hall–Kier alpha value is -4.19. The summed E-state index contributed by atoms with van der Waals surface area (Å²) in [7, 11) is 1.33. The summed E-state index contributed by atoms with van der Waals surface area (Å²) in [6.45, 7) is 0. The summed E-state index contributed by atoms with van der Waals surface area (Å²) in [5.41, 5.74) is 3.78. The van der Waals surface area contributed by atoms with E-state index < -0.39 is 5.97 Å². The Bertz CT molecular complexity index is 1170. The number of aromatic nitrogens is 2. The summed E-state index contributed by atoms with van der Waals surface area (Å²) < 4.78 is 6.32. The van der Waals surface area contributed by atoms with Gasteiger partial charge in [-0.15, -0.1) is 0 Å². The van der Waals surface area contributed by atoms with E-state index in [0.717, 1.165) is 11.3 Å². The quantitative estimate of drug-likeness (QED) is 0.501. The van der Waals surface area contributed by atoms with E-state index in [0.29, 0.717) is 22.6 Å². The van der Waals surface area contributed by atoms with Gasteiger partial charge in [0, 0.05) is 11.3 Å². The van der Waals surface area contributed by atoms with Crippen molar-refractivity contribution in [2.45, 2.75) is 0 Å². The zero-order valence-electron chi connectivity index (χ0n) is 16.3. The molecule has 0 aliphatic heterocycles. The zero-order chi connectivity index (χ0) is 20.9. The number of hydrogen-bond acceptors (Lipinski definition) is 4. The van der Waals surface area contributed by atoms with E-state index in [-0.39, 0.29) is 5.91 Å². The van der Waals surface area contributed by atoms with E-state index >= 15 is 0 Å². The normalized spacial score (nSPS) is 10.4. The number of nitrogens with zero attached hydrogens (tertiary/aromatic N) is 2. The van der Waals surface area contributed by atoms with Crippen LogP contribution in [0.3, 0.4) is 0 Å². The van der Waals surface area contributed by atoms with Crippen molar-refractivity contribution in [3.63, 3.8) is 0 Å². The number of ether oxygens (including phenoxy) is 1. The number of benzene rings is 3. The lowest BCUT2D eigenvalue weighted by atomic mass is 10.1. The van der Waals surface area contributed by atoms with Gasteiger partial charge in [0.15, 0.2) is 0 Å². The number of carbonyl (C=O) groups excluding carboxylic acids is 2. The zero-order valence-corrected chi connectivity index (χ0v) is 16.3. The van der Waals surface area contributed by atoms with E-state index in [1.54, 1.807) is 35.0 Å². The Kier molecular flexibility index (Phi) is 5.39. The third-order valence-electron chi connectivity index (χ3n) is 4.58. The molecule has 4 aromatic rings. The Morgan fingerprint density at radius 1 is 0.867 bits per heavy atom. The molecular formula is C24H19N3O3. The lowest BCUT2D eigenvalue weighted by Crippen LogP contribution is -2.17. The Balaban J connectivity index is 1.67. The molecule has 0 spiro atoms. The molecule has 6 nitrogen and oxygen atoms in total. The van der Waals surface area contributed by atoms with Gasteiger partial charge in [-0.1, -0.05) is 48.5 Å². The molecular weight excluding hydrogens is 378 g/mol. The Morgan fingerprint density at radius 2 is 1.50 bits per heavy atom. The molecule has 1 aromatic heterocycles. The van der Waals surface area contributed by atoms with Gasteiger partial charge < -0.3 is 10.1 Å². The van der Waals surface area contributed by atoms with Crippen molar-refractivity contribution in [3.05, 3.63) is 102 Å². The largest absolute Gasteiger partial charge is 0.465 e. The average Bonchev–Trinajstić information content (AvgIpc) is 3.26. The minimum absolute atomic E-state index is 0.306. The fraction of sp³-hybridized carbons (Fsp3) is 0.0417. The minimum atomic E-state index is -0.428. The fourth-order valence-corrected chi connectivity index (χ4v) is 3.06. The standard InChI is InChI=1S/C24H19N3O3/c1-30-24(29)18-12-14-19(15-13-18)25-23(28)22-16-21(17-8-4-2-5-9-17)26-27(22)20-10-6-3-7-11-20/h2-16H,1H3,(H,25,28). The van der Waals surface area contributed by atoms with Crippen molar-refractivity contribution < 1.29 is 14.3 Å². The van der Waals surface area contributed by atoms with Gasteiger partial charge in [-0.2, -0.15) is 5.10 Å². The first-order chi connectivity index (χ1) is 14.7. The molecule has 0 aliphatic carbocycles. The number of anilines is 1. The number of rotatable bonds is 5. The van der Waals surface area contributed by atoms with Crippen molar-refractivity contribution in [2.24, 2.45) is 0 Å². The van der Waals surface area contributed by atoms with Crippen LogP contribution in [0.15, 0.2) is 91.0 Å². The second kappa shape index (κ2) is 8.45. The van der Waals surface area contributed by atoms with Crippen molar-refractivity contribution in [3.8, 4) is 16.9 Å². The Morgan fingerprint density at radius 3 is 2.13 bits per heavy atom. The number of nitrogens with one attached hydrogen (secondary N) is 1. The molecule has 0 saturated carbocycles. The second-order valence-electron chi connectivity index (χ2n) is 6.55. The smallest absolute Gasteiger partial charge is 0.337 e. The van der Waals surface area contributed by atoms with Gasteiger partial charge in [-0.3, -0.25) is 4.79 Å². The number of para-hydroxylation sites is 1. The number of methoxy groups -OCH3 is 1. The number of hydrogen-bond donors (Lipinski definition) is 1. The first-order valence-corrected chi connectivity index (χ1v) is 9.36. The van der Waals surface area contributed by atoms with Crippen molar-refractivity contribution in [1.82, 2.24) is 9.78 Å². The van der Waals surface area contributed by atoms with Crippen LogP contribution in [0.1, 0.15) is 20.8 Å². The molecule has 4 rings (SSSR count). The maximum absolute atomic E-state index is 13.1. The topological polar surface area (TPSA) is 73.2 Å². The lowest BCUT2D eigenvalue weighted by Gasteiger charge is -2.09. The molecule has 0 unspecified atom stereocenters. The summed E-state index contributed by atoms with van der Waals surface area (Å²) in [5, 5.41) is 7.52. The molecule has 0 atom stereocenters. The summed E-state index contributed by atoms with van der Waals surface area (Å²) in [6, 6.07) is 27.5. The van der Waals surface area contributed by atoms with Crippen molar-refractivity contribution in [1.29, 1.82) is 0 Å². The molecule has 3 aromatic carbocycles. The SMILES string of the molecule is COC(=O)c1ccc(NC(=O)c2cc(-c3ccccc3)nn2-c2ccccc2)cc1. The van der Waals surface area contributed by atoms with Gasteiger partial charge in [-0.25, -0.2) is 9.48 Å². The molecule has 6 heteroatoms. The molecule has 30 heavy (non-hydrogen) atoms. The maximum Gasteiger partial charge on any atom is 0.337 e. The van der Waals surface area contributed by atoms with E-state index in [1.807, 2.05) is 60.7 Å². The van der Waals surface area contributed by atoms with Gasteiger partial charge in [0.25, 0.3) is 5.91 Å². The predicted octanol–water partition coefficient (Wildman–Crippen LogP) is 4.58. The summed E-state index contributed by atoms with van der Waals surface area (Å²) >= 11 is 0. The lowest BCUT2D eigenvalue weighted by molar-refractivity contribution is 0.0600. The predicted molar refractivity (Wildman–Crippen MR) is 115 cm³/mol. The highest BCUT2D eigenvalue weighted by Crippen LogP contribution is 2.22. The van der Waals surface area contributed by atoms with Crippen LogP contribution in [0, 0.1) is 0 Å². The third-order valence-corrected chi connectivity index (χ3v) is 4.58. The van der Waals surface area contributed by atoms with Gasteiger partial charge in [0.1, 0.15) is 5.69 Å². The molecule has 1 amide bonds. The first-order valence-electron chi connectivity index (χ1n) is 9.36. The Labute approximate surface area is 173 Å². The summed E-state index contributed by atoms with van der Waals surface area (Å²) in [5.74, 6) is -0.734. The molecule has 0 radical (unpaired) electrons. The number of amides is 1. The van der Waals surface area contributed by atoms with Gasteiger partial charge in [-0.05, 0) is 42.5 Å². The average molecular weight is 397 g/mol. The monoisotopic (exact) mass is 397 g/mol. The molecule has 0 saturated heterocycles. The van der Waals surface area contributed by atoms with Crippen molar-refractivity contribution >= 4 is 17.6 Å². The van der Waals surface area contributed by atoms with Crippen LogP contribution in [-0.2, 0) is 4.74 Å². The summed E-state index contributed by atoms with van der Waals surface area (Å²) in [4.78, 5) is 24.7. The second-order valence-corrected chi connectivity index (χ2v) is 6.55. The number of esters is 1. The van der Waals surface area contributed by atoms with Gasteiger partial charge in [0.05, 0.1) is 24.1 Å². The minimum Gasteiger partial charge on any atom is -0.465 e. The van der Waals surface area contributed by atoms with E-state index in [1.165, 1.54) is 7.11 Å². The van der Waals surface area contributed by atoms with Gasteiger partial charge >= 0.3 is 5.97 Å². The van der Waals surface area contributed by atoms with Crippen LogP contribution in [0.25, 0.3) is 16.9 Å². The molecule has 0 aliphatic rings. The number of carbonyl (C=O) groups is 2. The molecule has 1 heterocycles. The van der Waals surface area contributed by atoms with Gasteiger partial charge in [0.2, 0.25) is 0 Å². The highest BCUT2D eigenvalue weighted by Gasteiger charge is 2.18. The van der Waals surface area contributed by atoms with Crippen LogP contribution in [0.4, 0.5) is 5.69 Å². The van der Waals surface area contributed by atoms with E-state index in [4.69, 9.17) is 4.74 Å². The van der Waals surface area contributed by atoms with E-state index in [9.17, 15) is 9.59 Å². The molecule has 1 N–H and O–H groups in total. The molecule has 0 fully saturated rings. The van der Waals surface area contributed by atoms with Crippen LogP contribution in [-0.4, -0.2) is 28.8 Å². The highest BCUT2D eigenvalue weighted by atomic mass is 16.5. The van der Waals surface area contributed by atoms with Crippen LogP contribution in [0.2, 0.25) is 0 Å². The third kappa shape index (κ3) is 3.98. The van der Waals surface area contributed by atoms with Crippen LogP contribution < -0.4 is 5.32 Å². The van der Waals surface area contributed by atoms with Crippen LogP contribution in [0.5, 0.6) is 0 Å². The van der Waals surface area contributed by atoms with E-state index in [2.05, 4.69) is 10.4 Å². The highest BCUT2D eigenvalue weighted by molar-refractivity contribution is 6.04. The van der Waals surface area contributed by atoms with Crippen LogP contribution >= 0.6 is 0 Å². The summed E-state index contributed by atoms with van der Waals surface area (Å²) in [6.07, 6.45) is 0. The maximum atomic E-state index is 13.1.